The number of carboxylic acids is 1. The molecule has 0 bridgehead atoms. The van der Waals surface area contributed by atoms with Crippen molar-refractivity contribution in [3.05, 3.63) is 24.3 Å². The van der Waals surface area contributed by atoms with Crippen LogP contribution in [-0.2, 0) is 9.59 Å². The van der Waals surface area contributed by atoms with E-state index in [1.807, 2.05) is 0 Å². The fraction of sp³-hybridized carbons (Fsp3) is 0.182. The summed E-state index contributed by atoms with van der Waals surface area (Å²) < 4.78 is 4.98. The Kier molecular flexibility index (Phi) is 4.21. The molecule has 1 aromatic rings. The fourth-order valence-electron chi connectivity index (χ4n) is 1.09. The first-order valence-electron chi connectivity index (χ1n) is 4.76. The third kappa shape index (κ3) is 3.60. The number of anilines is 1. The first kappa shape index (κ1) is 12.7. The predicted molar refractivity (Wildman–Crippen MR) is 62.4 cm³/mol. The standard InChI is InChI=1S/C11H12N2O4/c1-7(14)10(11(15)16)13-12-8-4-3-5-9(6-8)17-2/h3-6,12H,1-2H3,(H,15,16). The lowest BCUT2D eigenvalue weighted by molar-refractivity contribution is -0.130. The summed E-state index contributed by atoms with van der Waals surface area (Å²) in [6.07, 6.45) is 0. The number of hydrogen-bond acceptors (Lipinski definition) is 5. The molecule has 1 aromatic carbocycles. The van der Waals surface area contributed by atoms with E-state index in [1.54, 1.807) is 24.3 Å². The highest BCUT2D eigenvalue weighted by Crippen LogP contribution is 2.16. The van der Waals surface area contributed by atoms with Crippen LogP contribution in [0.1, 0.15) is 6.92 Å². The van der Waals surface area contributed by atoms with E-state index in [4.69, 9.17) is 9.84 Å². The second kappa shape index (κ2) is 5.64. The van der Waals surface area contributed by atoms with Crippen LogP contribution in [0, 0.1) is 0 Å². The van der Waals surface area contributed by atoms with E-state index in [1.165, 1.54) is 7.11 Å². The first-order chi connectivity index (χ1) is 8.04. The van der Waals surface area contributed by atoms with Gasteiger partial charge in [0.2, 0.25) is 5.71 Å². The Morgan fingerprint density at radius 2 is 2.12 bits per heavy atom. The van der Waals surface area contributed by atoms with Gasteiger partial charge in [0.1, 0.15) is 5.75 Å². The Morgan fingerprint density at radius 3 is 2.65 bits per heavy atom. The number of carbonyl (C=O) groups excluding carboxylic acids is 1. The van der Waals surface area contributed by atoms with Crippen LogP contribution in [0.2, 0.25) is 0 Å². The molecule has 0 saturated heterocycles. The molecule has 0 aliphatic rings. The number of methoxy groups -OCH3 is 1. The van der Waals surface area contributed by atoms with Gasteiger partial charge in [0.25, 0.3) is 0 Å². The van der Waals surface area contributed by atoms with Gasteiger partial charge in [-0.15, -0.1) is 0 Å². The molecule has 0 aliphatic carbocycles. The average Bonchev–Trinajstić information content (AvgIpc) is 2.28. The molecule has 0 fully saturated rings. The van der Waals surface area contributed by atoms with E-state index >= 15 is 0 Å². The fourth-order valence-corrected chi connectivity index (χ4v) is 1.09. The van der Waals surface area contributed by atoms with Gasteiger partial charge in [0.05, 0.1) is 12.8 Å². The normalized spacial score (nSPS) is 10.8. The van der Waals surface area contributed by atoms with Crippen LogP contribution in [0.3, 0.4) is 0 Å². The van der Waals surface area contributed by atoms with Gasteiger partial charge in [-0.2, -0.15) is 5.10 Å². The topological polar surface area (TPSA) is 88.0 Å². The summed E-state index contributed by atoms with van der Waals surface area (Å²) in [4.78, 5) is 21.6. The molecule has 0 spiro atoms. The van der Waals surface area contributed by atoms with E-state index in [2.05, 4.69) is 10.5 Å². The van der Waals surface area contributed by atoms with Crippen LogP contribution in [-0.4, -0.2) is 29.7 Å². The summed E-state index contributed by atoms with van der Waals surface area (Å²) >= 11 is 0. The van der Waals surface area contributed by atoms with E-state index in [-0.39, 0.29) is 0 Å². The number of nitrogens with zero attached hydrogens (tertiary/aromatic N) is 1. The van der Waals surface area contributed by atoms with Crippen molar-refractivity contribution in [2.75, 3.05) is 12.5 Å². The smallest absolute Gasteiger partial charge is 0.360 e. The summed E-state index contributed by atoms with van der Waals surface area (Å²) in [7, 11) is 1.51. The molecule has 0 heterocycles. The van der Waals surface area contributed by atoms with Gasteiger partial charge in [0.15, 0.2) is 5.78 Å². The Balaban J connectivity index is 2.86. The monoisotopic (exact) mass is 236 g/mol. The van der Waals surface area contributed by atoms with Crippen LogP contribution >= 0.6 is 0 Å². The minimum atomic E-state index is -1.37. The van der Waals surface area contributed by atoms with Crippen LogP contribution in [0.25, 0.3) is 0 Å². The lowest BCUT2D eigenvalue weighted by atomic mass is 10.3. The predicted octanol–water partition coefficient (Wildman–Crippen LogP) is 1.14. The van der Waals surface area contributed by atoms with Gasteiger partial charge in [0, 0.05) is 13.0 Å². The molecule has 6 nitrogen and oxygen atoms in total. The van der Waals surface area contributed by atoms with Crippen molar-refractivity contribution in [3.8, 4) is 5.75 Å². The highest BCUT2D eigenvalue weighted by molar-refractivity contribution is 6.63. The second-order valence-electron chi connectivity index (χ2n) is 3.17. The average molecular weight is 236 g/mol. The third-order valence-corrected chi connectivity index (χ3v) is 1.90. The number of hydrogen-bond donors (Lipinski definition) is 2. The van der Waals surface area contributed by atoms with Gasteiger partial charge >= 0.3 is 5.97 Å². The van der Waals surface area contributed by atoms with Crippen LogP contribution in [0.15, 0.2) is 29.4 Å². The molecular weight excluding hydrogens is 224 g/mol. The number of rotatable bonds is 5. The highest BCUT2D eigenvalue weighted by Gasteiger charge is 2.14. The molecule has 17 heavy (non-hydrogen) atoms. The molecule has 2 N–H and O–H groups in total. The number of benzene rings is 1. The van der Waals surface area contributed by atoms with Gasteiger partial charge in [-0.3, -0.25) is 10.2 Å². The quantitative estimate of drug-likeness (QED) is 0.454. The SMILES string of the molecule is COc1cccc(NN=C(C(C)=O)C(=O)O)c1. The molecule has 6 heteroatoms. The minimum Gasteiger partial charge on any atom is -0.497 e. The van der Waals surface area contributed by atoms with E-state index in [0.717, 1.165) is 6.92 Å². The van der Waals surface area contributed by atoms with Gasteiger partial charge in [-0.25, -0.2) is 4.79 Å². The molecule has 0 atom stereocenters. The zero-order chi connectivity index (χ0) is 12.8. The molecular formula is C11H12N2O4. The number of aliphatic carboxylic acids is 1. The van der Waals surface area contributed by atoms with E-state index in [0.29, 0.717) is 11.4 Å². The zero-order valence-corrected chi connectivity index (χ0v) is 9.43. The third-order valence-electron chi connectivity index (χ3n) is 1.90. The van der Waals surface area contributed by atoms with Crippen molar-refractivity contribution in [1.29, 1.82) is 0 Å². The van der Waals surface area contributed by atoms with Crippen molar-refractivity contribution >= 4 is 23.2 Å². The summed E-state index contributed by atoms with van der Waals surface area (Å²) in [5, 5.41) is 12.2. The molecule has 0 aromatic heterocycles. The number of ketones is 1. The largest absolute Gasteiger partial charge is 0.497 e. The summed E-state index contributed by atoms with van der Waals surface area (Å²) in [6.45, 7) is 1.14. The lowest BCUT2D eigenvalue weighted by Gasteiger charge is -2.04. The van der Waals surface area contributed by atoms with E-state index in [9.17, 15) is 9.59 Å². The molecule has 1 rings (SSSR count). The Hall–Kier alpha value is -2.37. The van der Waals surface area contributed by atoms with Crippen molar-refractivity contribution < 1.29 is 19.4 Å². The number of carboxylic acid groups (broad SMARTS) is 1. The summed E-state index contributed by atoms with van der Waals surface area (Å²) in [5.74, 6) is -1.38. The molecule has 90 valence electrons. The molecule has 0 amide bonds. The minimum absolute atomic E-state index is 0.532. The lowest BCUT2D eigenvalue weighted by Crippen LogP contribution is -2.22. The number of hydrazone groups is 1. The second-order valence-corrected chi connectivity index (χ2v) is 3.17. The van der Waals surface area contributed by atoms with Crippen LogP contribution < -0.4 is 10.2 Å². The summed E-state index contributed by atoms with van der Waals surface area (Å²) in [6, 6.07) is 6.75. The highest BCUT2D eigenvalue weighted by atomic mass is 16.5. The number of nitrogens with one attached hydrogen (secondary N) is 1. The number of Topliss-reactive ketones (excluding diaryl/α,β-unsaturated/α-hetero) is 1. The molecule has 0 aliphatic heterocycles. The van der Waals surface area contributed by atoms with Crippen LogP contribution in [0.5, 0.6) is 5.75 Å². The molecule has 0 saturated carbocycles. The van der Waals surface area contributed by atoms with Crippen molar-refractivity contribution in [3.63, 3.8) is 0 Å². The zero-order valence-electron chi connectivity index (χ0n) is 9.43. The van der Waals surface area contributed by atoms with Crippen molar-refractivity contribution in [2.45, 2.75) is 6.92 Å². The van der Waals surface area contributed by atoms with Crippen molar-refractivity contribution in [1.82, 2.24) is 0 Å². The maximum atomic E-state index is 11.0. The van der Waals surface area contributed by atoms with Crippen molar-refractivity contribution in [2.24, 2.45) is 5.10 Å². The van der Waals surface area contributed by atoms with Crippen LogP contribution in [0.4, 0.5) is 5.69 Å². The van der Waals surface area contributed by atoms with E-state index < -0.39 is 17.5 Å². The van der Waals surface area contributed by atoms with Gasteiger partial charge in [-0.1, -0.05) is 6.07 Å². The summed E-state index contributed by atoms with van der Waals surface area (Å²) in [5.41, 5.74) is 2.47. The maximum Gasteiger partial charge on any atom is 0.360 e. The Bertz CT molecular complexity index is 452. The number of ether oxygens (including phenoxy) is 1. The van der Waals surface area contributed by atoms with Gasteiger partial charge in [-0.05, 0) is 12.1 Å². The molecule has 0 unspecified atom stereocenters. The van der Waals surface area contributed by atoms with Gasteiger partial charge < -0.3 is 9.84 Å². The number of carbonyl (C=O) groups is 2. The first-order valence-corrected chi connectivity index (χ1v) is 4.76. The maximum absolute atomic E-state index is 11.0. The Morgan fingerprint density at radius 1 is 1.41 bits per heavy atom. The Labute approximate surface area is 97.9 Å². The molecule has 0 radical (unpaired) electrons.